The third-order valence-electron chi connectivity index (χ3n) is 4.45. The molecule has 4 nitrogen and oxygen atoms in total. The van der Waals surface area contributed by atoms with Crippen molar-refractivity contribution < 1.29 is 0 Å². The van der Waals surface area contributed by atoms with Crippen LogP contribution in [0.4, 0.5) is 5.13 Å². The van der Waals surface area contributed by atoms with Crippen LogP contribution in [0.2, 0.25) is 0 Å². The highest BCUT2D eigenvalue weighted by Crippen LogP contribution is 2.44. The summed E-state index contributed by atoms with van der Waals surface area (Å²) in [5, 5.41) is 4.85. The van der Waals surface area contributed by atoms with Gasteiger partial charge in [0.1, 0.15) is 0 Å². The fraction of sp³-hybridized carbons (Fsp3) is 0.812. The van der Waals surface area contributed by atoms with Crippen LogP contribution in [0.15, 0.2) is 0 Å². The maximum absolute atomic E-state index is 5.01. The van der Waals surface area contributed by atoms with Crippen LogP contribution in [0, 0.1) is 0 Å². The average Bonchev–Trinajstić information content (AvgIpc) is 3.25. The summed E-state index contributed by atoms with van der Waals surface area (Å²) < 4.78 is 0. The van der Waals surface area contributed by atoms with Crippen molar-refractivity contribution in [3.8, 4) is 0 Å². The van der Waals surface area contributed by atoms with E-state index in [0.717, 1.165) is 45.2 Å². The molecule has 0 aromatic carbocycles. The van der Waals surface area contributed by atoms with Crippen molar-refractivity contribution >= 4 is 16.5 Å². The van der Waals surface area contributed by atoms with Gasteiger partial charge in [0, 0.05) is 43.5 Å². The first-order valence-corrected chi connectivity index (χ1v) is 9.23. The molecule has 118 valence electrons. The van der Waals surface area contributed by atoms with E-state index in [1.54, 1.807) is 0 Å². The second kappa shape index (κ2) is 7.07. The summed E-state index contributed by atoms with van der Waals surface area (Å²) >= 11 is 1.93. The van der Waals surface area contributed by atoms with Crippen LogP contribution in [0.25, 0.3) is 0 Å². The topological polar surface area (TPSA) is 31.4 Å². The first-order chi connectivity index (χ1) is 10.3. The summed E-state index contributed by atoms with van der Waals surface area (Å²) in [7, 11) is 2.21. The van der Waals surface area contributed by atoms with Crippen LogP contribution >= 0.6 is 11.3 Å². The third-order valence-corrected chi connectivity index (χ3v) is 5.58. The number of rotatable bonds is 7. The molecule has 0 amide bonds. The molecule has 1 aromatic rings. The van der Waals surface area contributed by atoms with Gasteiger partial charge in [0.25, 0.3) is 0 Å². The summed E-state index contributed by atoms with van der Waals surface area (Å²) in [5.41, 5.74) is 1.40. The number of unbranched alkanes of at least 4 members (excludes halogenated alkanes) is 1. The van der Waals surface area contributed by atoms with Crippen molar-refractivity contribution in [2.24, 2.45) is 0 Å². The van der Waals surface area contributed by atoms with Gasteiger partial charge in [-0.1, -0.05) is 13.3 Å². The highest BCUT2D eigenvalue weighted by Gasteiger charge is 2.30. The zero-order chi connectivity index (χ0) is 14.7. The molecule has 3 rings (SSSR count). The van der Waals surface area contributed by atoms with E-state index in [-0.39, 0.29) is 0 Å². The molecule has 1 aliphatic carbocycles. The van der Waals surface area contributed by atoms with Gasteiger partial charge in [-0.15, -0.1) is 11.3 Å². The van der Waals surface area contributed by atoms with E-state index in [2.05, 4.69) is 29.1 Å². The predicted molar refractivity (Wildman–Crippen MR) is 90.4 cm³/mol. The van der Waals surface area contributed by atoms with Crippen molar-refractivity contribution in [1.29, 1.82) is 0 Å². The van der Waals surface area contributed by atoms with Crippen molar-refractivity contribution in [1.82, 2.24) is 15.2 Å². The van der Waals surface area contributed by atoms with Gasteiger partial charge in [0.05, 0.1) is 5.69 Å². The lowest BCUT2D eigenvalue weighted by molar-refractivity contribution is 0.312. The lowest BCUT2D eigenvalue weighted by Gasteiger charge is -2.32. The Morgan fingerprint density at radius 2 is 2.00 bits per heavy atom. The Hall–Kier alpha value is -0.650. The Morgan fingerprint density at radius 3 is 2.67 bits per heavy atom. The monoisotopic (exact) mass is 308 g/mol. The van der Waals surface area contributed by atoms with Crippen molar-refractivity contribution in [3.63, 3.8) is 0 Å². The fourth-order valence-electron chi connectivity index (χ4n) is 2.79. The molecule has 1 saturated carbocycles. The molecule has 1 N–H and O–H groups in total. The third kappa shape index (κ3) is 3.96. The maximum atomic E-state index is 5.01. The highest BCUT2D eigenvalue weighted by molar-refractivity contribution is 7.15. The van der Waals surface area contributed by atoms with Crippen molar-refractivity contribution in [3.05, 3.63) is 10.6 Å². The zero-order valence-corrected chi connectivity index (χ0v) is 14.2. The van der Waals surface area contributed by atoms with E-state index in [9.17, 15) is 0 Å². The summed E-state index contributed by atoms with van der Waals surface area (Å²) in [4.78, 5) is 11.4. The number of thiazole rings is 1. The van der Waals surface area contributed by atoms with Gasteiger partial charge in [-0.05, 0) is 32.9 Å². The Bertz CT molecular complexity index is 447. The van der Waals surface area contributed by atoms with E-state index in [1.165, 1.54) is 41.4 Å². The van der Waals surface area contributed by atoms with Gasteiger partial charge in [-0.2, -0.15) is 0 Å². The number of piperazine rings is 1. The molecule has 2 aliphatic rings. The van der Waals surface area contributed by atoms with Crippen LogP contribution < -0.4 is 10.2 Å². The number of nitrogens with one attached hydrogen (secondary N) is 1. The van der Waals surface area contributed by atoms with Gasteiger partial charge in [-0.25, -0.2) is 4.98 Å². The minimum Gasteiger partial charge on any atom is -0.346 e. The lowest BCUT2D eigenvalue weighted by Crippen LogP contribution is -2.44. The molecule has 1 aliphatic heterocycles. The second-order valence-corrected chi connectivity index (χ2v) is 7.46. The van der Waals surface area contributed by atoms with Crippen molar-refractivity contribution in [2.45, 2.75) is 45.1 Å². The molecular weight excluding hydrogens is 280 g/mol. The van der Waals surface area contributed by atoms with Crippen LogP contribution in [0.3, 0.4) is 0 Å². The minimum atomic E-state index is 0.755. The standard InChI is InChI=1S/C16H28N4S/c1-3-4-7-17-12-14-15(13-5-6-13)18-16(21-14)20-10-8-19(2)9-11-20/h13,17H,3-12H2,1-2H3. The van der Waals surface area contributed by atoms with E-state index in [1.807, 2.05) is 11.3 Å². The Balaban J connectivity index is 1.64. The van der Waals surface area contributed by atoms with Gasteiger partial charge >= 0.3 is 0 Å². The Labute approximate surface area is 132 Å². The summed E-state index contributed by atoms with van der Waals surface area (Å²) in [6.07, 6.45) is 5.21. The molecule has 1 saturated heterocycles. The fourth-order valence-corrected chi connectivity index (χ4v) is 3.96. The molecule has 1 aromatic heterocycles. The van der Waals surface area contributed by atoms with E-state index in [4.69, 9.17) is 4.98 Å². The second-order valence-electron chi connectivity index (χ2n) is 6.40. The normalized spacial score (nSPS) is 20.2. The van der Waals surface area contributed by atoms with E-state index >= 15 is 0 Å². The molecule has 0 spiro atoms. The summed E-state index contributed by atoms with van der Waals surface area (Å²) in [6.45, 7) is 8.94. The molecule has 21 heavy (non-hydrogen) atoms. The van der Waals surface area contributed by atoms with Gasteiger partial charge in [0.2, 0.25) is 0 Å². The van der Waals surface area contributed by atoms with Crippen LogP contribution in [0.5, 0.6) is 0 Å². The summed E-state index contributed by atoms with van der Waals surface area (Å²) in [5.74, 6) is 0.755. The van der Waals surface area contributed by atoms with E-state index < -0.39 is 0 Å². The summed E-state index contributed by atoms with van der Waals surface area (Å²) in [6, 6.07) is 0. The number of nitrogens with zero attached hydrogens (tertiary/aromatic N) is 3. The average molecular weight is 308 g/mol. The zero-order valence-electron chi connectivity index (χ0n) is 13.4. The first-order valence-electron chi connectivity index (χ1n) is 8.41. The van der Waals surface area contributed by atoms with Gasteiger partial charge in [0.15, 0.2) is 5.13 Å². The molecule has 2 heterocycles. The molecule has 0 unspecified atom stereocenters. The number of likely N-dealkylation sites (N-methyl/N-ethyl adjacent to an activating group) is 1. The molecular formula is C16H28N4S. The van der Waals surface area contributed by atoms with Gasteiger partial charge < -0.3 is 15.1 Å². The largest absolute Gasteiger partial charge is 0.346 e. The SMILES string of the molecule is CCCCNCc1sc(N2CCN(C)CC2)nc1C1CC1. The van der Waals surface area contributed by atoms with Crippen LogP contribution in [-0.2, 0) is 6.54 Å². The Morgan fingerprint density at radius 1 is 1.24 bits per heavy atom. The highest BCUT2D eigenvalue weighted by atomic mass is 32.1. The lowest BCUT2D eigenvalue weighted by atomic mass is 10.2. The number of hydrogen-bond acceptors (Lipinski definition) is 5. The molecule has 0 bridgehead atoms. The number of aromatic nitrogens is 1. The molecule has 0 radical (unpaired) electrons. The first kappa shape index (κ1) is 15.3. The number of hydrogen-bond donors (Lipinski definition) is 1. The van der Waals surface area contributed by atoms with E-state index in [0.29, 0.717) is 0 Å². The predicted octanol–water partition coefficient (Wildman–Crippen LogP) is 2.66. The maximum Gasteiger partial charge on any atom is 0.185 e. The smallest absolute Gasteiger partial charge is 0.185 e. The quantitative estimate of drug-likeness (QED) is 0.785. The Kier molecular flexibility index (Phi) is 5.14. The minimum absolute atomic E-state index is 0.755. The van der Waals surface area contributed by atoms with Gasteiger partial charge in [-0.3, -0.25) is 0 Å². The molecule has 5 heteroatoms. The van der Waals surface area contributed by atoms with Crippen LogP contribution in [-0.4, -0.2) is 49.7 Å². The van der Waals surface area contributed by atoms with Crippen LogP contribution in [0.1, 0.15) is 49.1 Å². The molecule has 0 atom stereocenters. The molecule has 2 fully saturated rings. The van der Waals surface area contributed by atoms with Crippen molar-refractivity contribution in [2.75, 3.05) is 44.7 Å². The number of anilines is 1.